The third kappa shape index (κ3) is 5.49. The van der Waals surface area contributed by atoms with Crippen molar-refractivity contribution in [2.24, 2.45) is 0 Å². The molecule has 0 aliphatic carbocycles. The molecule has 168 valence electrons. The zero-order valence-corrected chi connectivity index (χ0v) is 18.7. The van der Waals surface area contributed by atoms with Gasteiger partial charge in [0.05, 0.1) is 25.0 Å². The van der Waals surface area contributed by atoms with Crippen molar-refractivity contribution in [3.63, 3.8) is 0 Å². The summed E-state index contributed by atoms with van der Waals surface area (Å²) in [6.07, 6.45) is 0.470. The van der Waals surface area contributed by atoms with Gasteiger partial charge in [0.15, 0.2) is 4.77 Å². The highest BCUT2D eigenvalue weighted by atomic mass is 35.5. The first-order valence-electron chi connectivity index (χ1n) is 9.64. The molecule has 3 rings (SSSR count). The van der Waals surface area contributed by atoms with Crippen LogP contribution in [0.2, 0.25) is 5.02 Å². The van der Waals surface area contributed by atoms with Crippen LogP contribution < -0.4 is 15.0 Å². The minimum Gasteiger partial charge on any atom is -0.496 e. The van der Waals surface area contributed by atoms with Gasteiger partial charge >= 0.3 is 5.97 Å². The number of H-pyrrole nitrogens is 1. The van der Waals surface area contributed by atoms with E-state index in [0.717, 1.165) is 0 Å². The number of carboxylic acid groups (broad SMARTS) is 1. The topological polar surface area (TPSA) is 114 Å². The molecule has 0 saturated carbocycles. The van der Waals surface area contributed by atoms with Crippen LogP contribution in [0.4, 0.5) is 0 Å². The van der Waals surface area contributed by atoms with E-state index in [-0.39, 0.29) is 35.7 Å². The Morgan fingerprint density at radius 2 is 1.94 bits per heavy atom. The van der Waals surface area contributed by atoms with Gasteiger partial charge in [-0.05, 0) is 54.5 Å². The molecular formula is C22H21ClN2O6S. The number of aromatic hydroxyl groups is 1. The monoisotopic (exact) mass is 476 g/mol. The van der Waals surface area contributed by atoms with Crippen molar-refractivity contribution >= 4 is 29.8 Å². The first-order valence-corrected chi connectivity index (χ1v) is 10.4. The highest BCUT2D eigenvalue weighted by molar-refractivity contribution is 7.71. The maximum absolute atomic E-state index is 12.6. The standard InChI is InChI=1S/C22H21ClN2O6S/c1-30-18-12-16(31-10-2-3-19(26)27)9-4-13(18)11-17-20(28)24-22(32)25(21(17)29)15-7-5-14(23)6-8-15/h4-9,12,29H,2-3,10-11H2,1H3,(H,26,27)(H,24,28,32). The number of aliphatic carboxylic acids is 1. The molecule has 0 atom stereocenters. The second-order valence-corrected chi connectivity index (χ2v) is 7.69. The largest absolute Gasteiger partial charge is 0.496 e. The quantitative estimate of drug-likeness (QED) is 0.314. The number of ether oxygens (including phenoxy) is 2. The second kappa shape index (κ2) is 10.3. The van der Waals surface area contributed by atoms with Crippen LogP contribution in [0.3, 0.4) is 0 Å². The SMILES string of the molecule is COc1cc(OCCCC(=O)O)ccc1Cc1c(O)n(-c2ccc(Cl)cc2)c(=S)[nH]c1=O. The molecular weight excluding hydrogens is 456 g/mol. The summed E-state index contributed by atoms with van der Waals surface area (Å²) >= 11 is 11.2. The van der Waals surface area contributed by atoms with E-state index in [9.17, 15) is 14.7 Å². The summed E-state index contributed by atoms with van der Waals surface area (Å²) < 4.78 is 12.4. The lowest BCUT2D eigenvalue weighted by atomic mass is 10.1. The Labute approximate surface area is 193 Å². The molecule has 3 N–H and O–H groups in total. The molecule has 1 heterocycles. The van der Waals surface area contributed by atoms with Gasteiger partial charge in [0.1, 0.15) is 11.5 Å². The normalized spacial score (nSPS) is 10.7. The average molecular weight is 477 g/mol. The van der Waals surface area contributed by atoms with Crippen LogP contribution in [-0.4, -0.2) is 39.5 Å². The number of nitrogens with one attached hydrogen (secondary N) is 1. The van der Waals surface area contributed by atoms with Crippen molar-refractivity contribution in [2.45, 2.75) is 19.3 Å². The number of rotatable bonds is 9. The molecule has 0 amide bonds. The molecule has 10 heteroatoms. The number of hydrogen-bond donors (Lipinski definition) is 3. The van der Waals surface area contributed by atoms with Crippen molar-refractivity contribution in [3.8, 4) is 23.1 Å². The number of halogens is 1. The van der Waals surface area contributed by atoms with E-state index in [4.69, 9.17) is 38.4 Å². The average Bonchev–Trinajstić information content (AvgIpc) is 2.75. The van der Waals surface area contributed by atoms with Crippen molar-refractivity contribution in [1.82, 2.24) is 9.55 Å². The molecule has 1 aromatic heterocycles. The van der Waals surface area contributed by atoms with Crippen LogP contribution in [0, 0.1) is 4.77 Å². The van der Waals surface area contributed by atoms with Crippen LogP contribution in [0.15, 0.2) is 47.3 Å². The summed E-state index contributed by atoms with van der Waals surface area (Å²) in [5.74, 6) is -0.198. The number of aromatic amines is 1. The molecule has 0 fully saturated rings. The highest BCUT2D eigenvalue weighted by Crippen LogP contribution is 2.29. The molecule has 0 spiro atoms. The van der Waals surface area contributed by atoms with Gasteiger partial charge in [-0.15, -0.1) is 0 Å². The summed E-state index contributed by atoms with van der Waals surface area (Å²) in [5, 5.41) is 20.1. The van der Waals surface area contributed by atoms with E-state index in [1.165, 1.54) is 11.7 Å². The Hall–Kier alpha value is -3.30. The summed E-state index contributed by atoms with van der Waals surface area (Å²) in [7, 11) is 1.48. The smallest absolute Gasteiger partial charge is 0.303 e. The van der Waals surface area contributed by atoms with E-state index < -0.39 is 11.5 Å². The Morgan fingerprint density at radius 3 is 2.59 bits per heavy atom. The Morgan fingerprint density at radius 1 is 1.22 bits per heavy atom. The number of carboxylic acids is 1. The Kier molecular flexibility index (Phi) is 7.55. The highest BCUT2D eigenvalue weighted by Gasteiger charge is 2.17. The van der Waals surface area contributed by atoms with Gasteiger partial charge in [0, 0.05) is 23.9 Å². The molecule has 32 heavy (non-hydrogen) atoms. The van der Waals surface area contributed by atoms with E-state index in [1.807, 2.05) is 0 Å². The second-order valence-electron chi connectivity index (χ2n) is 6.87. The van der Waals surface area contributed by atoms with Crippen molar-refractivity contribution < 1.29 is 24.5 Å². The number of nitrogens with zero attached hydrogens (tertiary/aromatic N) is 1. The van der Waals surface area contributed by atoms with Crippen molar-refractivity contribution in [2.75, 3.05) is 13.7 Å². The summed E-state index contributed by atoms with van der Waals surface area (Å²) in [4.78, 5) is 25.8. The number of carbonyl (C=O) groups is 1. The van der Waals surface area contributed by atoms with Gasteiger partial charge in [0.2, 0.25) is 5.88 Å². The molecule has 8 nitrogen and oxygen atoms in total. The zero-order valence-electron chi connectivity index (χ0n) is 17.1. The number of hydrogen-bond acceptors (Lipinski definition) is 6. The number of methoxy groups -OCH3 is 1. The van der Waals surface area contributed by atoms with Crippen LogP contribution in [0.5, 0.6) is 17.4 Å². The van der Waals surface area contributed by atoms with Crippen molar-refractivity contribution in [3.05, 3.63) is 73.7 Å². The molecule has 0 bridgehead atoms. The van der Waals surface area contributed by atoms with Gasteiger partial charge in [-0.3, -0.25) is 19.1 Å². The zero-order chi connectivity index (χ0) is 23.3. The third-order valence-electron chi connectivity index (χ3n) is 4.69. The van der Waals surface area contributed by atoms with Gasteiger partial charge < -0.3 is 19.7 Å². The number of aromatic nitrogens is 2. The van der Waals surface area contributed by atoms with Gasteiger partial charge in [-0.2, -0.15) is 0 Å². The minimum absolute atomic E-state index is 0.0176. The molecule has 2 aromatic carbocycles. The fourth-order valence-electron chi connectivity index (χ4n) is 3.11. The fourth-order valence-corrected chi connectivity index (χ4v) is 3.53. The van der Waals surface area contributed by atoms with Crippen molar-refractivity contribution in [1.29, 1.82) is 0 Å². The van der Waals surface area contributed by atoms with Gasteiger partial charge in [0.25, 0.3) is 5.56 Å². The maximum atomic E-state index is 12.6. The molecule has 0 unspecified atom stereocenters. The molecule has 3 aromatic rings. The van der Waals surface area contributed by atoms with E-state index in [1.54, 1.807) is 42.5 Å². The third-order valence-corrected chi connectivity index (χ3v) is 5.23. The first-order chi connectivity index (χ1) is 15.3. The lowest BCUT2D eigenvalue weighted by Crippen LogP contribution is -2.18. The maximum Gasteiger partial charge on any atom is 0.303 e. The lowest BCUT2D eigenvalue weighted by molar-refractivity contribution is -0.137. The van der Waals surface area contributed by atoms with Crippen LogP contribution in [0.1, 0.15) is 24.0 Å². The predicted molar refractivity (Wildman–Crippen MR) is 122 cm³/mol. The van der Waals surface area contributed by atoms with Crippen LogP contribution >= 0.6 is 23.8 Å². The van der Waals surface area contributed by atoms with E-state index in [0.29, 0.717) is 34.2 Å². The molecule has 0 aliphatic heterocycles. The summed E-state index contributed by atoms with van der Waals surface area (Å²) in [6, 6.07) is 11.7. The van der Waals surface area contributed by atoms with E-state index >= 15 is 0 Å². The van der Waals surface area contributed by atoms with Crippen LogP contribution in [0.25, 0.3) is 5.69 Å². The minimum atomic E-state index is -0.882. The van der Waals surface area contributed by atoms with E-state index in [2.05, 4.69) is 4.98 Å². The fraction of sp³-hybridized carbons (Fsp3) is 0.227. The Bertz CT molecular complexity index is 1240. The summed E-state index contributed by atoms with van der Waals surface area (Å²) in [5.41, 5.74) is 0.799. The van der Waals surface area contributed by atoms with Crippen LogP contribution in [-0.2, 0) is 11.2 Å². The first kappa shape index (κ1) is 23.4. The predicted octanol–water partition coefficient (Wildman–Crippen LogP) is 4.10. The Balaban J connectivity index is 1.90. The lowest BCUT2D eigenvalue weighted by Gasteiger charge is -2.15. The van der Waals surface area contributed by atoms with Gasteiger partial charge in [-0.25, -0.2) is 0 Å². The molecule has 0 aliphatic rings. The van der Waals surface area contributed by atoms with Gasteiger partial charge in [-0.1, -0.05) is 17.7 Å². The molecule has 0 saturated heterocycles. The number of benzene rings is 2. The molecule has 0 radical (unpaired) electrons. The summed E-state index contributed by atoms with van der Waals surface area (Å²) in [6.45, 7) is 0.247.